The Morgan fingerprint density at radius 3 is 2.66 bits per heavy atom. The molecular weight excluding hydrogens is 376 g/mol. The predicted molar refractivity (Wildman–Crippen MR) is 107 cm³/mol. The normalized spacial score (nSPS) is 10.7. The molecule has 0 fully saturated rings. The standard InChI is InChI=1S/C22H23F2N3O2/c1-2-3-12-29-22(28)25-11-10-21-26-14-20(27-21)16-6-4-15(5-7-16)18-13-17(23)8-9-19(18)24/h4-9,13-14H,2-3,10-12H2,1H3,(H,25,28)(H,26,27). The smallest absolute Gasteiger partial charge is 0.407 e. The van der Waals surface area contributed by atoms with E-state index in [1.54, 1.807) is 18.3 Å². The van der Waals surface area contributed by atoms with Crippen LogP contribution in [0, 0.1) is 11.6 Å². The van der Waals surface area contributed by atoms with Gasteiger partial charge in [0.1, 0.15) is 17.5 Å². The quantitative estimate of drug-likeness (QED) is 0.519. The fourth-order valence-electron chi connectivity index (χ4n) is 2.83. The van der Waals surface area contributed by atoms with E-state index < -0.39 is 17.7 Å². The molecule has 0 saturated heterocycles. The van der Waals surface area contributed by atoms with Crippen molar-refractivity contribution in [2.45, 2.75) is 26.2 Å². The topological polar surface area (TPSA) is 67.0 Å². The summed E-state index contributed by atoms with van der Waals surface area (Å²) >= 11 is 0. The van der Waals surface area contributed by atoms with E-state index in [0.717, 1.165) is 42.1 Å². The number of unbranched alkanes of at least 4 members (excludes halogenated alkanes) is 1. The summed E-state index contributed by atoms with van der Waals surface area (Å²) in [4.78, 5) is 19.0. The van der Waals surface area contributed by atoms with Crippen LogP contribution in [0.5, 0.6) is 0 Å². The van der Waals surface area contributed by atoms with Gasteiger partial charge < -0.3 is 15.0 Å². The second-order valence-electron chi connectivity index (χ2n) is 6.61. The molecule has 0 unspecified atom stereocenters. The van der Waals surface area contributed by atoms with Crippen LogP contribution in [0.15, 0.2) is 48.7 Å². The second-order valence-corrected chi connectivity index (χ2v) is 6.61. The van der Waals surface area contributed by atoms with E-state index in [0.29, 0.717) is 25.1 Å². The largest absolute Gasteiger partial charge is 0.450 e. The van der Waals surface area contributed by atoms with Crippen LogP contribution in [0.3, 0.4) is 0 Å². The Labute approximate surface area is 168 Å². The van der Waals surface area contributed by atoms with Crippen LogP contribution < -0.4 is 5.32 Å². The van der Waals surface area contributed by atoms with E-state index in [4.69, 9.17) is 4.74 Å². The SMILES string of the molecule is CCCCOC(=O)NCCc1ncc(-c2ccc(-c3cc(F)ccc3F)cc2)[nH]1. The minimum Gasteiger partial charge on any atom is -0.450 e. The molecule has 1 aromatic heterocycles. The highest BCUT2D eigenvalue weighted by atomic mass is 19.1. The summed E-state index contributed by atoms with van der Waals surface area (Å²) in [6.07, 6.45) is 3.63. The minimum atomic E-state index is -0.480. The molecule has 0 radical (unpaired) electrons. The summed E-state index contributed by atoms with van der Waals surface area (Å²) in [5.74, 6) is -0.218. The Balaban J connectivity index is 1.57. The number of nitrogens with one attached hydrogen (secondary N) is 2. The number of alkyl carbamates (subject to hydrolysis) is 1. The van der Waals surface area contributed by atoms with Crippen LogP contribution in [-0.4, -0.2) is 29.2 Å². The van der Waals surface area contributed by atoms with Crippen molar-refractivity contribution in [2.24, 2.45) is 0 Å². The summed E-state index contributed by atoms with van der Waals surface area (Å²) < 4.78 is 32.3. The lowest BCUT2D eigenvalue weighted by molar-refractivity contribution is 0.144. The number of rotatable bonds is 8. The first-order valence-corrected chi connectivity index (χ1v) is 9.57. The fraction of sp³-hybridized carbons (Fsp3) is 0.273. The number of carbonyl (C=O) groups is 1. The number of carbonyl (C=O) groups excluding carboxylic acids is 1. The molecule has 0 aliphatic carbocycles. The molecule has 1 amide bonds. The molecule has 0 saturated carbocycles. The number of hydrogen-bond acceptors (Lipinski definition) is 3. The van der Waals surface area contributed by atoms with Gasteiger partial charge in [0.25, 0.3) is 0 Å². The number of halogens is 2. The summed E-state index contributed by atoms with van der Waals surface area (Å²) in [5, 5.41) is 2.69. The van der Waals surface area contributed by atoms with Crippen LogP contribution in [0.4, 0.5) is 13.6 Å². The maximum Gasteiger partial charge on any atom is 0.407 e. The highest BCUT2D eigenvalue weighted by Gasteiger charge is 2.09. The third-order valence-electron chi connectivity index (χ3n) is 4.43. The predicted octanol–water partition coefficient (Wildman–Crippen LogP) is 5.09. The highest BCUT2D eigenvalue weighted by Crippen LogP contribution is 2.26. The van der Waals surface area contributed by atoms with Gasteiger partial charge >= 0.3 is 6.09 Å². The molecule has 5 nitrogen and oxygen atoms in total. The van der Waals surface area contributed by atoms with Gasteiger partial charge in [0.2, 0.25) is 0 Å². The summed E-state index contributed by atoms with van der Waals surface area (Å²) in [6.45, 7) is 2.86. The van der Waals surface area contributed by atoms with Gasteiger partial charge in [-0.05, 0) is 35.7 Å². The van der Waals surface area contributed by atoms with Crippen LogP contribution in [0.2, 0.25) is 0 Å². The first-order chi connectivity index (χ1) is 14.1. The molecule has 0 aliphatic rings. The highest BCUT2D eigenvalue weighted by molar-refractivity contribution is 5.69. The minimum absolute atomic E-state index is 0.221. The molecule has 1 heterocycles. The van der Waals surface area contributed by atoms with Crippen molar-refractivity contribution >= 4 is 6.09 Å². The average molecular weight is 399 g/mol. The zero-order chi connectivity index (χ0) is 20.6. The summed E-state index contributed by atoms with van der Waals surface area (Å²) in [6, 6.07) is 10.5. The third-order valence-corrected chi connectivity index (χ3v) is 4.43. The van der Waals surface area contributed by atoms with E-state index in [9.17, 15) is 13.6 Å². The number of aromatic amines is 1. The fourth-order valence-corrected chi connectivity index (χ4v) is 2.83. The molecule has 3 rings (SSSR count). The van der Waals surface area contributed by atoms with Crippen molar-refractivity contribution in [1.29, 1.82) is 0 Å². The summed E-state index contributed by atoms with van der Waals surface area (Å²) in [7, 11) is 0. The zero-order valence-corrected chi connectivity index (χ0v) is 16.2. The Hall–Kier alpha value is -3.22. The lowest BCUT2D eigenvalue weighted by atomic mass is 10.0. The Morgan fingerprint density at radius 2 is 1.90 bits per heavy atom. The second kappa shape index (κ2) is 9.82. The van der Waals surface area contributed by atoms with E-state index >= 15 is 0 Å². The Bertz CT molecular complexity index is 955. The lowest BCUT2D eigenvalue weighted by Gasteiger charge is -2.06. The van der Waals surface area contributed by atoms with E-state index in [1.165, 1.54) is 6.07 Å². The van der Waals surface area contributed by atoms with Gasteiger partial charge in [-0.1, -0.05) is 37.6 Å². The van der Waals surface area contributed by atoms with Crippen molar-refractivity contribution < 1.29 is 18.3 Å². The van der Waals surface area contributed by atoms with Gasteiger partial charge in [0, 0.05) is 18.5 Å². The van der Waals surface area contributed by atoms with Crippen LogP contribution >= 0.6 is 0 Å². The molecule has 0 bridgehead atoms. The zero-order valence-electron chi connectivity index (χ0n) is 16.2. The number of hydrogen-bond donors (Lipinski definition) is 2. The molecule has 0 aliphatic heterocycles. The van der Waals surface area contributed by atoms with Crippen LogP contribution in [0.25, 0.3) is 22.4 Å². The molecule has 2 aromatic carbocycles. The van der Waals surface area contributed by atoms with E-state index in [-0.39, 0.29) is 5.56 Å². The van der Waals surface area contributed by atoms with Gasteiger partial charge in [-0.15, -0.1) is 0 Å². The van der Waals surface area contributed by atoms with Gasteiger partial charge in [-0.2, -0.15) is 0 Å². The van der Waals surface area contributed by atoms with Crippen molar-refractivity contribution in [2.75, 3.05) is 13.2 Å². The number of H-pyrrole nitrogens is 1. The number of ether oxygens (including phenoxy) is 1. The van der Waals surface area contributed by atoms with Gasteiger partial charge in [0.05, 0.1) is 18.5 Å². The van der Waals surface area contributed by atoms with Crippen molar-refractivity contribution in [3.05, 3.63) is 66.1 Å². The lowest BCUT2D eigenvalue weighted by Crippen LogP contribution is -2.27. The van der Waals surface area contributed by atoms with E-state index in [2.05, 4.69) is 15.3 Å². The monoisotopic (exact) mass is 399 g/mol. The van der Waals surface area contributed by atoms with E-state index in [1.807, 2.05) is 19.1 Å². The molecule has 3 aromatic rings. The number of aromatic nitrogens is 2. The molecule has 2 N–H and O–H groups in total. The maximum absolute atomic E-state index is 13.9. The van der Waals surface area contributed by atoms with Gasteiger partial charge in [0.15, 0.2) is 0 Å². The summed E-state index contributed by atoms with van der Waals surface area (Å²) in [5.41, 5.74) is 2.49. The molecule has 0 spiro atoms. The first-order valence-electron chi connectivity index (χ1n) is 9.57. The van der Waals surface area contributed by atoms with Gasteiger partial charge in [-0.25, -0.2) is 18.6 Å². The number of imidazole rings is 1. The number of benzene rings is 2. The van der Waals surface area contributed by atoms with Crippen molar-refractivity contribution in [3.8, 4) is 22.4 Å². The third kappa shape index (κ3) is 5.63. The van der Waals surface area contributed by atoms with Crippen molar-refractivity contribution in [1.82, 2.24) is 15.3 Å². The van der Waals surface area contributed by atoms with Crippen molar-refractivity contribution in [3.63, 3.8) is 0 Å². The first kappa shape index (κ1) is 20.5. The van der Waals surface area contributed by atoms with Crippen LogP contribution in [0.1, 0.15) is 25.6 Å². The van der Waals surface area contributed by atoms with Gasteiger partial charge in [-0.3, -0.25) is 0 Å². The molecule has 29 heavy (non-hydrogen) atoms. The molecule has 7 heteroatoms. The van der Waals surface area contributed by atoms with Crippen LogP contribution in [-0.2, 0) is 11.2 Å². The molecular formula is C22H23F2N3O2. The Kier molecular flexibility index (Phi) is 6.94. The molecule has 0 atom stereocenters. The average Bonchev–Trinajstić information content (AvgIpc) is 3.19. The number of nitrogens with zero attached hydrogens (tertiary/aromatic N) is 1. The number of amides is 1. The molecule has 152 valence electrons. The Morgan fingerprint density at radius 1 is 1.14 bits per heavy atom. The maximum atomic E-state index is 13.9.